The van der Waals surface area contributed by atoms with Gasteiger partial charge in [0.15, 0.2) is 0 Å². The molecule has 2 aromatic carbocycles. The SMILES string of the molecule is CCCOc1ccc(/C=N/NS(=O)(=O)c2cc(C)ccc2OC)cc1Cl. The minimum Gasteiger partial charge on any atom is -0.495 e. The molecule has 6 nitrogen and oxygen atoms in total. The molecule has 2 rings (SSSR count). The van der Waals surface area contributed by atoms with Gasteiger partial charge in [0.25, 0.3) is 10.0 Å². The van der Waals surface area contributed by atoms with Gasteiger partial charge in [0.05, 0.1) is 25.0 Å². The van der Waals surface area contributed by atoms with Crippen molar-refractivity contribution in [3.05, 3.63) is 52.5 Å². The van der Waals surface area contributed by atoms with Gasteiger partial charge in [-0.05, 0) is 54.8 Å². The van der Waals surface area contributed by atoms with Crippen LogP contribution in [0.5, 0.6) is 11.5 Å². The molecular formula is C18H21ClN2O4S. The zero-order valence-corrected chi connectivity index (χ0v) is 16.4. The summed E-state index contributed by atoms with van der Waals surface area (Å²) in [7, 11) is -2.44. The Morgan fingerprint density at radius 1 is 1.19 bits per heavy atom. The maximum absolute atomic E-state index is 12.4. The van der Waals surface area contributed by atoms with Crippen LogP contribution in [0.4, 0.5) is 0 Å². The van der Waals surface area contributed by atoms with Crippen LogP contribution in [0.15, 0.2) is 46.4 Å². The Morgan fingerprint density at radius 3 is 2.58 bits per heavy atom. The Bertz CT molecular complexity index is 898. The molecule has 0 aliphatic carbocycles. The van der Waals surface area contributed by atoms with Crippen LogP contribution in [-0.4, -0.2) is 28.3 Å². The van der Waals surface area contributed by atoms with E-state index in [4.69, 9.17) is 21.1 Å². The Hall–Kier alpha value is -2.25. The van der Waals surface area contributed by atoms with Gasteiger partial charge in [0, 0.05) is 0 Å². The standard InChI is InChI=1S/C18H21ClN2O4S/c1-4-9-25-16-8-6-14(11-15(16)19)12-20-21-26(22,23)18-10-13(2)5-7-17(18)24-3/h5-8,10-12,21H,4,9H2,1-3H3/b20-12+. The van der Waals surface area contributed by atoms with Gasteiger partial charge in [-0.1, -0.05) is 24.6 Å². The number of methoxy groups -OCH3 is 1. The minimum atomic E-state index is -3.86. The van der Waals surface area contributed by atoms with Crippen molar-refractivity contribution in [2.45, 2.75) is 25.2 Å². The van der Waals surface area contributed by atoms with Crippen LogP contribution < -0.4 is 14.3 Å². The second kappa shape index (κ2) is 8.91. The summed E-state index contributed by atoms with van der Waals surface area (Å²) in [5, 5.41) is 4.25. The molecule has 2 aromatic rings. The van der Waals surface area contributed by atoms with E-state index in [1.54, 1.807) is 37.3 Å². The molecule has 0 amide bonds. The lowest BCUT2D eigenvalue weighted by Gasteiger charge is -2.09. The second-order valence-corrected chi connectivity index (χ2v) is 7.58. The highest BCUT2D eigenvalue weighted by atomic mass is 35.5. The summed E-state index contributed by atoms with van der Waals surface area (Å²) < 4.78 is 35.5. The van der Waals surface area contributed by atoms with Crippen molar-refractivity contribution < 1.29 is 17.9 Å². The lowest BCUT2D eigenvalue weighted by atomic mass is 10.2. The van der Waals surface area contributed by atoms with Crippen molar-refractivity contribution in [3.63, 3.8) is 0 Å². The van der Waals surface area contributed by atoms with Crippen LogP contribution in [0.25, 0.3) is 0 Å². The van der Waals surface area contributed by atoms with E-state index < -0.39 is 10.0 Å². The van der Waals surface area contributed by atoms with Gasteiger partial charge in [-0.25, -0.2) is 0 Å². The Balaban J connectivity index is 2.15. The number of halogens is 1. The van der Waals surface area contributed by atoms with Crippen LogP contribution >= 0.6 is 11.6 Å². The van der Waals surface area contributed by atoms with Crippen molar-refractivity contribution in [3.8, 4) is 11.5 Å². The average Bonchev–Trinajstić information content (AvgIpc) is 2.61. The number of sulfonamides is 1. The van der Waals surface area contributed by atoms with E-state index in [0.717, 1.165) is 12.0 Å². The highest BCUT2D eigenvalue weighted by Gasteiger charge is 2.18. The maximum Gasteiger partial charge on any atom is 0.280 e. The number of hydrazone groups is 1. The number of ether oxygens (including phenoxy) is 2. The van der Waals surface area contributed by atoms with Crippen molar-refractivity contribution in [2.75, 3.05) is 13.7 Å². The number of benzene rings is 2. The summed E-state index contributed by atoms with van der Waals surface area (Å²) >= 11 is 6.15. The molecule has 0 unspecified atom stereocenters. The molecule has 0 fully saturated rings. The van der Waals surface area contributed by atoms with E-state index in [-0.39, 0.29) is 10.6 Å². The van der Waals surface area contributed by atoms with Gasteiger partial charge >= 0.3 is 0 Å². The largest absolute Gasteiger partial charge is 0.495 e. The van der Waals surface area contributed by atoms with Crippen LogP contribution in [0.2, 0.25) is 5.02 Å². The van der Waals surface area contributed by atoms with Gasteiger partial charge in [0.2, 0.25) is 0 Å². The third-order valence-electron chi connectivity index (χ3n) is 3.41. The zero-order chi connectivity index (χ0) is 19.2. The van der Waals surface area contributed by atoms with Gasteiger partial charge < -0.3 is 9.47 Å². The Morgan fingerprint density at radius 2 is 1.92 bits per heavy atom. The number of hydrogen-bond donors (Lipinski definition) is 1. The van der Waals surface area contributed by atoms with E-state index in [0.29, 0.717) is 22.9 Å². The minimum absolute atomic E-state index is 0.0264. The Kier molecular flexibility index (Phi) is 6.88. The molecule has 0 saturated carbocycles. The van der Waals surface area contributed by atoms with Crippen molar-refractivity contribution >= 4 is 27.8 Å². The normalized spacial score (nSPS) is 11.5. The number of nitrogens with one attached hydrogen (secondary N) is 1. The summed E-state index contributed by atoms with van der Waals surface area (Å²) in [5.41, 5.74) is 1.43. The number of nitrogens with zero attached hydrogens (tertiary/aromatic N) is 1. The van der Waals surface area contributed by atoms with E-state index in [1.165, 1.54) is 19.4 Å². The molecule has 0 aliphatic rings. The van der Waals surface area contributed by atoms with E-state index in [2.05, 4.69) is 9.93 Å². The van der Waals surface area contributed by atoms with Crippen molar-refractivity contribution in [2.24, 2.45) is 5.10 Å². The quantitative estimate of drug-likeness (QED) is 0.544. The molecule has 140 valence electrons. The molecule has 8 heteroatoms. The van der Waals surface area contributed by atoms with E-state index >= 15 is 0 Å². The average molecular weight is 397 g/mol. The molecule has 0 heterocycles. The number of aryl methyl sites for hydroxylation is 1. The third-order valence-corrected chi connectivity index (χ3v) is 4.95. The summed E-state index contributed by atoms with van der Waals surface area (Å²) in [6.45, 7) is 4.38. The molecule has 0 atom stereocenters. The third kappa shape index (κ3) is 5.12. The highest BCUT2D eigenvalue weighted by molar-refractivity contribution is 7.89. The predicted molar refractivity (Wildman–Crippen MR) is 103 cm³/mol. The number of rotatable bonds is 8. The monoisotopic (exact) mass is 396 g/mol. The maximum atomic E-state index is 12.4. The highest BCUT2D eigenvalue weighted by Crippen LogP contribution is 2.26. The van der Waals surface area contributed by atoms with Crippen LogP contribution in [0, 0.1) is 6.92 Å². The van der Waals surface area contributed by atoms with Crippen LogP contribution in [0.1, 0.15) is 24.5 Å². The lowest BCUT2D eigenvalue weighted by Crippen LogP contribution is -2.19. The molecule has 0 bridgehead atoms. The molecule has 0 saturated heterocycles. The molecular weight excluding hydrogens is 376 g/mol. The first-order valence-corrected chi connectivity index (χ1v) is 9.85. The first kappa shape index (κ1) is 20.1. The smallest absolute Gasteiger partial charge is 0.280 e. The fourth-order valence-electron chi connectivity index (χ4n) is 2.14. The number of hydrogen-bond acceptors (Lipinski definition) is 5. The summed E-state index contributed by atoms with van der Waals surface area (Å²) in [4.78, 5) is 2.21. The van der Waals surface area contributed by atoms with Gasteiger partial charge in [-0.15, -0.1) is 0 Å². The van der Waals surface area contributed by atoms with Gasteiger partial charge in [-0.3, -0.25) is 0 Å². The molecule has 0 aromatic heterocycles. The first-order valence-electron chi connectivity index (χ1n) is 7.99. The topological polar surface area (TPSA) is 77.0 Å². The molecule has 0 radical (unpaired) electrons. The molecule has 0 aliphatic heterocycles. The van der Waals surface area contributed by atoms with Crippen molar-refractivity contribution in [1.82, 2.24) is 4.83 Å². The fourth-order valence-corrected chi connectivity index (χ4v) is 3.43. The summed E-state index contributed by atoms with van der Waals surface area (Å²) in [6.07, 6.45) is 2.25. The molecule has 0 spiro atoms. The second-order valence-electron chi connectivity index (χ2n) is 5.55. The Labute approximate surface area is 158 Å². The van der Waals surface area contributed by atoms with Gasteiger partial charge in [0.1, 0.15) is 16.4 Å². The van der Waals surface area contributed by atoms with E-state index in [1.807, 2.05) is 6.92 Å². The molecule has 26 heavy (non-hydrogen) atoms. The molecule has 1 N–H and O–H groups in total. The van der Waals surface area contributed by atoms with Crippen LogP contribution in [0.3, 0.4) is 0 Å². The van der Waals surface area contributed by atoms with Gasteiger partial charge in [-0.2, -0.15) is 18.4 Å². The summed E-state index contributed by atoms with van der Waals surface area (Å²) in [5.74, 6) is 0.828. The fraction of sp³-hybridized carbons (Fsp3) is 0.278. The van der Waals surface area contributed by atoms with Crippen molar-refractivity contribution in [1.29, 1.82) is 0 Å². The predicted octanol–water partition coefficient (Wildman–Crippen LogP) is 3.76. The van der Waals surface area contributed by atoms with Crippen LogP contribution in [-0.2, 0) is 10.0 Å². The summed E-state index contributed by atoms with van der Waals surface area (Å²) in [6, 6.07) is 10.00. The lowest BCUT2D eigenvalue weighted by molar-refractivity contribution is 0.317. The zero-order valence-electron chi connectivity index (χ0n) is 14.8. The van der Waals surface area contributed by atoms with E-state index in [9.17, 15) is 8.42 Å². The first-order chi connectivity index (χ1) is 12.4.